The van der Waals surface area contributed by atoms with Crippen molar-refractivity contribution in [3.8, 4) is 0 Å². The normalized spacial score (nSPS) is 19.3. The number of amides is 1. The van der Waals surface area contributed by atoms with Crippen LogP contribution in [0.2, 0.25) is 5.15 Å². The summed E-state index contributed by atoms with van der Waals surface area (Å²) in [4.78, 5) is 27.8. The highest BCUT2D eigenvalue weighted by molar-refractivity contribution is 6.32. The van der Waals surface area contributed by atoms with Crippen LogP contribution in [0.5, 0.6) is 0 Å². The fraction of sp³-hybridized carbons (Fsp3) is 0.500. The Balaban J connectivity index is 2.27. The van der Waals surface area contributed by atoms with Gasteiger partial charge < -0.3 is 4.90 Å². The third-order valence-electron chi connectivity index (χ3n) is 3.21. The first-order valence-corrected chi connectivity index (χ1v) is 6.46. The van der Waals surface area contributed by atoms with E-state index in [1.165, 1.54) is 6.07 Å². The molecule has 1 unspecified atom stereocenters. The second-order valence-corrected chi connectivity index (χ2v) is 5.15. The third-order valence-corrected chi connectivity index (χ3v) is 3.51. The maximum absolute atomic E-state index is 12.3. The van der Waals surface area contributed by atoms with Gasteiger partial charge in [-0.15, -0.1) is 0 Å². The Labute approximate surface area is 115 Å². The van der Waals surface area contributed by atoms with E-state index in [1.54, 1.807) is 4.90 Å². The van der Waals surface area contributed by atoms with E-state index in [-0.39, 0.29) is 22.3 Å². The van der Waals surface area contributed by atoms with Crippen LogP contribution in [0.3, 0.4) is 0 Å². The number of aromatic nitrogens is 1. The highest BCUT2D eigenvalue weighted by atomic mass is 35.5. The highest BCUT2D eigenvalue weighted by Gasteiger charge is 2.25. The van der Waals surface area contributed by atoms with E-state index in [4.69, 9.17) is 11.6 Å². The molecule has 0 aliphatic carbocycles. The number of piperidine rings is 1. The van der Waals surface area contributed by atoms with Crippen LogP contribution in [0, 0.1) is 16.0 Å². The molecule has 1 atom stereocenters. The summed E-state index contributed by atoms with van der Waals surface area (Å²) < 4.78 is 0. The van der Waals surface area contributed by atoms with Crippen molar-refractivity contribution >= 4 is 23.2 Å². The van der Waals surface area contributed by atoms with E-state index < -0.39 is 4.92 Å². The van der Waals surface area contributed by atoms with Gasteiger partial charge in [-0.1, -0.05) is 18.5 Å². The SMILES string of the molecule is CC1CCCN(C(=O)c2cc([N+](=O)[O-])cnc2Cl)C1. The van der Waals surface area contributed by atoms with Crippen molar-refractivity contribution < 1.29 is 9.72 Å². The molecule has 102 valence electrons. The first-order chi connectivity index (χ1) is 8.99. The Morgan fingerprint density at radius 2 is 2.37 bits per heavy atom. The van der Waals surface area contributed by atoms with E-state index in [0.717, 1.165) is 19.0 Å². The second kappa shape index (κ2) is 5.52. The number of likely N-dealkylation sites (tertiary alicyclic amines) is 1. The zero-order chi connectivity index (χ0) is 14.0. The van der Waals surface area contributed by atoms with E-state index in [9.17, 15) is 14.9 Å². The lowest BCUT2D eigenvalue weighted by Crippen LogP contribution is -2.39. The molecule has 0 spiro atoms. The van der Waals surface area contributed by atoms with Crippen molar-refractivity contribution in [2.75, 3.05) is 13.1 Å². The van der Waals surface area contributed by atoms with Gasteiger partial charge in [-0.05, 0) is 18.8 Å². The van der Waals surface area contributed by atoms with Gasteiger partial charge in [0.2, 0.25) is 0 Å². The molecule has 6 nitrogen and oxygen atoms in total. The van der Waals surface area contributed by atoms with Crippen LogP contribution in [0.1, 0.15) is 30.1 Å². The minimum atomic E-state index is -0.584. The van der Waals surface area contributed by atoms with Gasteiger partial charge >= 0.3 is 0 Å². The molecular formula is C12H14ClN3O3. The maximum Gasteiger partial charge on any atom is 0.288 e. The summed E-state index contributed by atoms with van der Waals surface area (Å²) in [6.07, 6.45) is 3.08. The van der Waals surface area contributed by atoms with Gasteiger partial charge in [0.25, 0.3) is 11.6 Å². The molecule has 0 saturated carbocycles. The van der Waals surface area contributed by atoms with Crippen LogP contribution in [0.15, 0.2) is 12.3 Å². The highest BCUT2D eigenvalue weighted by Crippen LogP contribution is 2.23. The van der Waals surface area contributed by atoms with Crippen LogP contribution in [0.4, 0.5) is 5.69 Å². The van der Waals surface area contributed by atoms with Gasteiger partial charge in [0.1, 0.15) is 11.3 Å². The quantitative estimate of drug-likeness (QED) is 0.475. The number of halogens is 1. The Kier molecular flexibility index (Phi) is 3.99. The summed E-state index contributed by atoms with van der Waals surface area (Å²) in [6.45, 7) is 3.38. The van der Waals surface area contributed by atoms with Crippen molar-refractivity contribution in [1.29, 1.82) is 0 Å². The number of carbonyl (C=O) groups is 1. The van der Waals surface area contributed by atoms with Gasteiger partial charge in [-0.3, -0.25) is 14.9 Å². The van der Waals surface area contributed by atoms with Gasteiger partial charge in [-0.2, -0.15) is 0 Å². The van der Waals surface area contributed by atoms with Crippen LogP contribution >= 0.6 is 11.6 Å². The van der Waals surface area contributed by atoms with Gasteiger partial charge in [0.05, 0.1) is 10.5 Å². The molecule has 1 aromatic heterocycles. The van der Waals surface area contributed by atoms with E-state index in [2.05, 4.69) is 11.9 Å². The van der Waals surface area contributed by atoms with Crippen LogP contribution in [0.25, 0.3) is 0 Å². The molecule has 0 N–H and O–H groups in total. The summed E-state index contributed by atoms with van der Waals surface area (Å²) in [7, 11) is 0. The first-order valence-electron chi connectivity index (χ1n) is 6.08. The molecule has 1 aliphatic heterocycles. The monoisotopic (exact) mass is 283 g/mol. The zero-order valence-electron chi connectivity index (χ0n) is 10.5. The number of carbonyl (C=O) groups excluding carboxylic acids is 1. The molecule has 1 saturated heterocycles. The lowest BCUT2D eigenvalue weighted by Gasteiger charge is -2.31. The molecule has 2 heterocycles. The first kappa shape index (κ1) is 13.7. The fourth-order valence-electron chi connectivity index (χ4n) is 2.23. The van der Waals surface area contributed by atoms with Crippen molar-refractivity contribution in [3.63, 3.8) is 0 Å². The number of rotatable bonds is 2. The average molecular weight is 284 g/mol. The molecule has 19 heavy (non-hydrogen) atoms. The molecule has 1 amide bonds. The van der Waals surface area contributed by atoms with Crippen LogP contribution < -0.4 is 0 Å². The van der Waals surface area contributed by atoms with Crippen LogP contribution in [-0.4, -0.2) is 33.8 Å². The zero-order valence-corrected chi connectivity index (χ0v) is 11.3. The Bertz CT molecular complexity index is 521. The van der Waals surface area contributed by atoms with E-state index in [0.29, 0.717) is 19.0 Å². The number of pyridine rings is 1. The van der Waals surface area contributed by atoms with Crippen LogP contribution in [-0.2, 0) is 0 Å². The number of hydrogen-bond donors (Lipinski definition) is 0. The topological polar surface area (TPSA) is 76.3 Å². The van der Waals surface area contributed by atoms with Gasteiger partial charge in [0, 0.05) is 19.2 Å². The maximum atomic E-state index is 12.3. The summed E-state index contributed by atoms with van der Waals surface area (Å²) >= 11 is 5.87. The van der Waals surface area contributed by atoms with E-state index in [1.807, 2.05) is 0 Å². The number of hydrogen-bond acceptors (Lipinski definition) is 4. The Morgan fingerprint density at radius 3 is 3.00 bits per heavy atom. The molecular weight excluding hydrogens is 270 g/mol. The molecule has 1 fully saturated rings. The van der Waals surface area contributed by atoms with Crippen molar-refractivity contribution in [2.24, 2.45) is 5.92 Å². The Hall–Kier alpha value is -1.69. The molecule has 1 aromatic rings. The lowest BCUT2D eigenvalue weighted by molar-refractivity contribution is -0.385. The number of nitrogens with zero attached hydrogens (tertiary/aromatic N) is 3. The Morgan fingerprint density at radius 1 is 1.63 bits per heavy atom. The van der Waals surface area contributed by atoms with Crippen molar-refractivity contribution in [3.05, 3.63) is 33.1 Å². The average Bonchev–Trinajstić information content (AvgIpc) is 2.38. The molecule has 0 bridgehead atoms. The summed E-state index contributed by atoms with van der Waals surface area (Å²) in [6, 6.07) is 1.19. The molecule has 7 heteroatoms. The predicted octanol–water partition coefficient (Wildman–Crippen LogP) is 2.52. The summed E-state index contributed by atoms with van der Waals surface area (Å²) in [5.74, 6) is 0.149. The third kappa shape index (κ3) is 3.01. The molecule has 0 radical (unpaired) electrons. The molecule has 1 aliphatic rings. The smallest absolute Gasteiger partial charge is 0.288 e. The summed E-state index contributed by atoms with van der Waals surface area (Å²) in [5.41, 5.74) is -0.122. The lowest BCUT2D eigenvalue weighted by atomic mass is 10.00. The van der Waals surface area contributed by atoms with Gasteiger partial charge in [-0.25, -0.2) is 4.98 Å². The minimum Gasteiger partial charge on any atom is -0.338 e. The van der Waals surface area contributed by atoms with Gasteiger partial charge in [0.15, 0.2) is 0 Å². The largest absolute Gasteiger partial charge is 0.338 e. The van der Waals surface area contributed by atoms with E-state index >= 15 is 0 Å². The summed E-state index contributed by atoms with van der Waals surface area (Å²) in [5, 5.41) is 10.7. The molecule has 0 aromatic carbocycles. The number of nitro groups is 1. The standard InChI is InChI=1S/C12H14ClN3O3/c1-8-3-2-4-15(7-8)12(17)10-5-9(16(18)19)6-14-11(10)13/h5-6,8H,2-4,7H2,1H3. The fourth-order valence-corrected chi connectivity index (χ4v) is 2.42. The van der Waals surface area contributed by atoms with Crippen molar-refractivity contribution in [1.82, 2.24) is 9.88 Å². The minimum absolute atomic E-state index is 0.00817. The second-order valence-electron chi connectivity index (χ2n) is 4.79. The predicted molar refractivity (Wildman–Crippen MR) is 70.2 cm³/mol. The molecule has 2 rings (SSSR count). The van der Waals surface area contributed by atoms with Crippen molar-refractivity contribution in [2.45, 2.75) is 19.8 Å².